The van der Waals surface area contributed by atoms with Crippen LogP contribution in [0.25, 0.3) is 0 Å². The molecule has 0 aromatic heterocycles. The van der Waals surface area contributed by atoms with Gasteiger partial charge >= 0.3 is 0 Å². The molecule has 1 aliphatic carbocycles. The van der Waals surface area contributed by atoms with Gasteiger partial charge in [-0.2, -0.15) is 0 Å². The Hall–Kier alpha value is -1.09. The average Bonchev–Trinajstić information content (AvgIpc) is 2.85. The van der Waals surface area contributed by atoms with Crippen molar-refractivity contribution in [1.29, 1.82) is 0 Å². The van der Waals surface area contributed by atoms with Crippen molar-refractivity contribution in [2.75, 3.05) is 5.32 Å². The highest BCUT2D eigenvalue weighted by atomic mass is 32.1. The first-order valence-corrected chi connectivity index (χ1v) is 5.65. The minimum absolute atomic E-state index is 0.462. The predicted molar refractivity (Wildman–Crippen MR) is 68.3 cm³/mol. The van der Waals surface area contributed by atoms with Crippen molar-refractivity contribution < 1.29 is 0 Å². The molecule has 1 aromatic rings. The molecule has 0 radical (unpaired) electrons. The van der Waals surface area contributed by atoms with Crippen LogP contribution in [0.2, 0.25) is 0 Å². The fraction of sp³-hybridized carbons (Fsp3) is 0.417. The molecule has 1 saturated carbocycles. The Bertz CT molecular complexity index is 401. The molecular formula is C12H16N2S. The Kier molecular flexibility index (Phi) is 2.65. The molecule has 3 heteroatoms. The Morgan fingerprint density at radius 3 is 2.67 bits per heavy atom. The number of aryl methyl sites for hydroxylation is 1. The summed E-state index contributed by atoms with van der Waals surface area (Å²) < 4.78 is 0. The van der Waals surface area contributed by atoms with Crippen molar-refractivity contribution in [3.8, 4) is 0 Å². The number of nitrogens with two attached hydrogens (primary N) is 1. The van der Waals surface area contributed by atoms with Crippen molar-refractivity contribution in [2.45, 2.75) is 26.3 Å². The fourth-order valence-corrected chi connectivity index (χ4v) is 1.83. The highest BCUT2D eigenvalue weighted by Gasteiger charge is 2.32. The first-order chi connectivity index (χ1) is 7.08. The summed E-state index contributed by atoms with van der Waals surface area (Å²) in [5, 5.41) is 3.52. The number of hydrogen-bond acceptors (Lipinski definition) is 2. The van der Waals surface area contributed by atoms with Crippen molar-refractivity contribution in [2.24, 2.45) is 11.7 Å². The Morgan fingerprint density at radius 1 is 1.53 bits per heavy atom. The Balaban J connectivity index is 2.15. The molecule has 0 aliphatic heterocycles. The van der Waals surface area contributed by atoms with Gasteiger partial charge in [0.05, 0.1) is 0 Å². The maximum atomic E-state index is 5.58. The largest absolute Gasteiger partial charge is 0.389 e. The summed E-state index contributed by atoms with van der Waals surface area (Å²) in [5.41, 5.74) is 8.93. The molecule has 0 heterocycles. The fourth-order valence-electron chi connectivity index (χ4n) is 1.70. The zero-order valence-corrected chi connectivity index (χ0v) is 9.90. The number of thiocarbonyl (C=S) groups is 1. The molecule has 0 bridgehead atoms. The van der Waals surface area contributed by atoms with Crippen LogP contribution < -0.4 is 11.1 Å². The molecule has 2 rings (SSSR count). The maximum absolute atomic E-state index is 5.58. The molecule has 0 saturated heterocycles. The third-order valence-electron chi connectivity index (χ3n) is 2.96. The molecule has 15 heavy (non-hydrogen) atoms. The van der Waals surface area contributed by atoms with Gasteiger partial charge in [-0.3, -0.25) is 0 Å². The zero-order chi connectivity index (χ0) is 11.0. The third kappa shape index (κ3) is 2.29. The van der Waals surface area contributed by atoms with Crippen LogP contribution in [0, 0.1) is 12.8 Å². The first kappa shape index (κ1) is 10.4. The molecule has 1 aliphatic rings. The third-order valence-corrected chi connectivity index (χ3v) is 3.20. The van der Waals surface area contributed by atoms with Gasteiger partial charge in [0.1, 0.15) is 4.99 Å². The maximum Gasteiger partial charge on any atom is 0.103 e. The predicted octanol–water partition coefficient (Wildman–Crippen LogP) is 2.45. The Morgan fingerprint density at radius 2 is 2.20 bits per heavy atom. The number of hydrogen-bond donors (Lipinski definition) is 2. The summed E-state index contributed by atoms with van der Waals surface area (Å²) >= 11 is 4.94. The average molecular weight is 220 g/mol. The second kappa shape index (κ2) is 3.81. The van der Waals surface area contributed by atoms with Crippen LogP contribution >= 0.6 is 12.2 Å². The van der Waals surface area contributed by atoms with Crippen LogP contribution in [0.5, 0.6) is 0 Å². The lowest BCUT2D eigenvalue weighted by molar-refractivity contribution is 0.928. The minimum Gasteiger partial charge on any atom is -0.389 e. The van der Waals surface area contributed by atoms with Gasteiger partial charge in [0.25, 0.3) is 0 Å². The van der Waals surface area contributed by atoms with E-state index in [0.29, 0.717) is 11.0 Å². The van der Waals surface area contributed by atoms with E-state index in [9.17, 15) is 0 Å². The molecule has 1 fully saturated rings. The van der Waals surface area contributed by atoms with E-state index in [1.54, 1.807) is 0 Å². The molecule has 3 N–H and O–H groups in total. The highest BCUT2D eigenvalue weighted by molar-refractivity contribution is 7.80. The SMILES string of the molecule is Cc1cc(C(N)=S)ccc1NC1CC1C. The molecule has 2 atom stereocenters. The molecule has 0 spiro atoms. The van der Waals surface area contributed by atoms with Crippen molar-refractivity contribution in [3.05, 3.63) is 29.3 Å². The molecule has 0 amide bonds. The summed E-state index contributed by atoms with van der Waals surface area (Å²) in [6.07, 6.45) is 1.27. The van der Waals surface area contributed by atoms with Crippen molar-refractivity contribution in [3.63, 3.8) is 0 Å². The molecule has 1 aromatic carbocycles. The van der Waals surface area contributed by atoms with Gasteiger partial charge in [-0.25, -0.2) is 0 Å². The summed E-state index contributed by atoms with van der Waals surface area (Å²) in [6, 6.07) is 6.73. The number of anilines is 1. The highest BCUT2D eigenvalue weighted by Crippen LogP contribution is 2.33. The monoisotopic (exact) mass is 220 g/mol. The van der Waals surface area contributed by atoms with E-state index in [0.717, 1.165) is 11.5 Å². The lowest BCUT2D eigenvalue weighted by atomic mass is 10.1. The van der Waals surface area contributed by atoms with E-state index in [4.69, 9.17) is 18.0 Å². The van der Waals surface area contributed by atoms with E-state index in [1.807, 2.05) is 12.1 Å². The lowest BCUT2D eigenvalue weighted by Gasteiger charge is -2.10. The van der Waals surface area contributed by atoms with Gasteiger partial charge in [0, 0.05) is 17.3 Å². The Labute approximate surface area is 95.9 Å². The second-order valence-corrected chi connectivity index (χ2v) is 4.80. The van der Waals surface area contributed by atoms with Gasteiger partial charge < -0.3 is 11.1 Å². The number of nitrogens with one attached hydrogen (secondary N) is 1. The van der Waals surface area contributed by atoms with Crippen molar-refractivity contribution in [1.82, 2.24) is 0 Å². The molecule has 2 unspecified atom stereocenters. The van der Waals surface area contributed by atoms with E-state index in [1.165, 1.54) is 17.7 Å². The van der Waals surface area contributed by atoms with Crippen LogP contribution in [0.4, 0.5) is 5.69 Å². The van der Waals surface area contributed by atoms with Crippen LogP contribution in [0.3, 0.4) is 0 Å². The minimum atomic E-state index is 0.462. The topological polar surface area (TPSA) is 38.0 Å². The molecule has 80 valence electrons. The van der Waals surface area contributed by atoms with Gasteiger partial charge in [-0.15, -0.1) is 0 Å². The quantitative estimate of drug-likeness (QED) is 0.768. The summed E-state index contributed by atoms with van der Waals surface area (Å²) in [6.45, 7) is 4.34. The van der Waals surface area contributed by atoms with Gasteiger partial charge in [0.2, 0.25) is 0 Å². The van der Waals surface area contributed by atoms with Gasteiger partial charge in [0.15, 0.2) is 0 Å². The zero-order valence-electron chi connectivity index (χ0n) is 9.08. The van der Waals surface area contributed by atoms with Gasteiger partial charge in [-0.1, -0.05) is 19.1 Å². The van der Waals surface area contributed by atoms with Crippen LogP contribution in [-0.2, 0) is 0 Å². The number of rotatable bonds is 3. The summed E-state index contributed by atoms with van der Waals surface area (Å²) in [7, 11) is 0. The normalized spacial score (nSPS) is 23.6. The smallest absolute Gasteiger partial charge is 0.103 e. The van der Waals surface area contributed by atoms with E-state index < -0.39 is 0 Å². The number of benzene rings is 1. The second-order valence-electron chi connectivity index (χ2n) is 4.36. The van der Waals surface area contributed by atoms with Gasteiger partial charge in [-0.05, 0) is 43.0 Å². The van der Waals surface area contributed by atoms with Crippen molar-refractivity contribution >= 4 is 22.9 Å². The van der Waals surface area contributed by atoms with E-state index in [-0.39, 0.29) is 0 Å². The molecular weight excluding hydrogens is 204 g/mol. The molecule has 2 nitrogen and oxygen atoms in total. The lowest BCUT2D eigenvalue weighted by Crippen LogP contribution is -2.11. The van der Waals surface area contributed by atoms with Crippen LogP contribution in [-0.4, -0.2) is 11.0 Å². The van der Waals surface area contributed by atoms with Crippen LogP contribution in [0.1, 0.15) is 24.5 Å². The van der Waals surface area contributed by atoms with E-state index in [2.05, 4.69) is 25.2 Å². The summed E-state index contributed by atoms with van der Waals surface area (Å²) in [4.78, 5) is 0.462. The van der Waals surface area contributed by atoms with E-state index >= 15 is 0 Å². The first-order valence-electron chi connectivity index (χ1n) is 5.25. The standard InChI is InChI=1S/C12H16N2S/c1-7-5-9(12(13)15)3-4-10(7)14-11-6-8(11)2/h3-5,8,11,14H,6H2,1-2H3,(H2,13,15). The van der Waals surface area contributed by atoms with Crippen LogP contribution in [0.15, 0.2) is 18.2 Å². The summed E-state index contributed by atoms with van der Waals surface area (Å²) in [5.74, 6) is 0.805.